The first-order valence-electron chi connectivity index (χ1n) is 15.1. The molecule has 0 amide bonds. The summed E-state index contributed by atoms with van der Waals surface area (Å²) in [5.74, 6) is 0. The lowest BCUT2D eigenvalue weighted by molar-refractivity contribution is 0.591. The summed E-state index contributed by atoms with van der Waals surface area (Å²) in [6, 6.07) is 48.4. The van der Waals surface area contributed by atoms with Gasteiger partial charge in [-0.1, -0.05) is 130 Å². The van der Waals surface area contributed by atoms with Gasteiger partial charge in [-0.2, -0.15) is 0 Å². The zero-order valence-corrected chi connectivity index (χ0v) is 25.8. The average Bonchev–Trinajstić information content (AvgIpc) is 3.44. The minimum atomic E-state index is -0.00401. The lowest BCUT2D eigenvalue weighted by Gasteiger charge is -2.25. The smallest absolute Gasteiger partial charge is 0.0424 e. The van der Waals surface area contributed by atoms with Gasteiger partial charge in [0.2, 0.25) is 0 Å². The van der Waals surface area contributed by atoms with Gasteiger partial charge < -0.3 is 0 Å². The highest BCUT2D eigenvalue weighted by molar-refractivity contribution is 7.19. The maximum atomic E-state index is 3.46. The Morgan fingerprint density at radius 1 is 0.651 bits per heavy atom. The van der Waals surface area contributed by atoms with E-state index >= 15 is 0 Å². The van der Waals surface area contributed by atoms with Gasteiger partial charge in [-0.3, -0.25) is 0 Å². The van der Waals surface area contributed by atoms with E-state index < -0.39 is 0 Å². The van der Waals surface area contributed by atoms with Crippen LogP contribution in [0.4, 0.5) is 0 Å². The molecule has 1 aliphatic carbocycles. The number of thiophene rings is 1. The Bertz CT molecular complexity index is 1860. The first kappa shape index (κ1) is 27.2. The highest BCUT2D eigenvalue weighted by Crippen LogP contribution is 2.51. The predicted molar refractivity (Wildman–Crippen MR) is 185 cm³/mol. The van der Waals surface area contributed by atoms with Crippen LogP contribution in [-0.2, 0) is 11.8 Å². The molecule has 0 spiro atoms. The first-order valence-corrected chi connectivity index (χ1v) is 15.9. The number of fused-ring (bicyclic) bond motifs is 1. The highest BCUT2D eigenvalue weighted by Gasteiger charge is 2.27. The maximum Gasteiger partial charge on any atom is 0.0424 e. The summed E-state index contributed by atoms with van der Waals surface area (Å²) in [5, 5.41) is 0. The third kappa shape index (κ3) is 5.25. The van der Waals surface area contributed by atoms with E-state index in [-0.39, 0.29) is 5.41 Å². The second kappa shape index (κ2) is 11.2. The van der Waals surface area contributed by atoms with Gasteiger partial charge >= 0.3 is 0 Å². The van der Waals surface area contributed by atoms with Gasteiger partial charge in [0.25, 0.3) is 0 Å². The Hall–Kier alpha value is -4.64. The Kier molecular flexibility index (Phi) is 7.10. The number of allylic oxidation sites excluding steroid dienone is 1. The summed E-state index contributed by atoms with van der Waals surface area (Å²) in [4.78, 5) is 2.71. The Balaban J connectivity index is 1.53. The standard InChI is InChI=1S/C42H34S/c1-42(2,3)34-27-37(30-18-9-5-10-19-30)39(38(28-34)31-20-11-6-12-21-31)41-36-25-14-13-24-35(36)40(43-41)33-23-15-22-32(26-33)29-16-7-4-8-17-29/h4-11,13,15-20,22-24,26-28H,14,25H2,1-3H3. The molecule has 7 rings (SSSR count). The minimum absolute atomic E-state index is 0.00401. The third-order valence-corrected chi connectivity index (χ3v) is 9.70. The van der Waals surface area contributed by atoms with Crippen LogP contribution >= 0.6 is 11.3 Å². The van der Waals surface area contributed by atoms with Crippen LogP contribution in [0, 0.1) is 12.1 Å². The predicted octanol–water partition coefficient (Wildman–Crippen LogP) is 11.9. The second-order valence-electron chi connectivity index (χ2n) is 12.3. The molecule has 0 nitrogen and oxygen atoms in total. The molecule has 5 aromatic carbocycles. The van der Waals surface area contributed by atoms with E-state index in [9.17, 15) is 0 Å². The number of rotatable bonds is 5. The van der Waals surface area contributed by atoms with Gasteiger partial charge in [0.1, 0.15) is 0 Å². The van der Waals surface area contributed by atoms with Crippen LogP contribution in [0.15, 0.2) is 121 Å². The fraction of sp³-hybridized carbons (Fsp3) is 0.143. The highest BCUT2D eigenvalue weighted by atomic mass is 32.1. The van der Waals surface area contributed by atoms with Gasteiger partial charge in [0.05, 0.1) is 0 Å². The van der Waals surface area contributed by atoms with Crippen LogP contribution in [0.5, 0.6) is 0 Å². The molecular weight excluding hydrogens is 537 g/mol. The molecule has 208 valence electrons. The van der Waals surface area contributed by atoms with E-state index in [4.69, 9.17) is 0 Å². The van der Waals surface area contributed by atoms with Crippen LogP contribution in [0.2, 0.25) is 0 Å². The molecular formula is C42H34S. The lowest BCUT2D eigenvalue weighted by atomic mass is 9.80. The van der Waals surface area contributed by atoms with Gasteiger partial charge in [0, 0.05) is 20.9 Å². The van der Waals surface area contributed by atoms with Gasteiger partial charge in [-0.15, -0.1) is 11.3 Å². The van der Waals surface area contributed by atoms with Crippen molar-refractivity contribution in [2.45, 2.75) is 39.0 Å². The van der Waals surface area contributed by atoms with Crippen molar-refractivity contribution in [1.82, 2.24) is 0 Å². The topological polar surface area (TPSA) is 0 Å². The number of hydrogen-bond donors (Lipinski definition) is 0. The Labute approximate surface area is 260 Å². The maximum absolute atomic E-state index is 3.46. The van der Waals surface area contributed by atoms with E-state index in [2.05, 4.69) is 154 Å². The zero-order valence-electron chi connectivity index (χ0n) is 24.9. The Morgan fingerprint density at radius 2 is 1.35 bits per heavy atom. The quantitative estimate of drug-likeness (QED) is 0.193. The van der Waals surface area contributed by atoms with Crippen molar-refractivity contribution in [3.05, 3.63) is 150 Å². The van der Waals surface area contributed by atoms with E-state index in [0.717, 1.165) is 18.4 Å². The molecule has 0 unspecified atom stereocenters. The first-order chi connectivity index (χ1) is 21.0. The normalized spacial score (nSPS) is 12.5. The second-order valence-corrected chi connectivity index (χ2v) is 13.3. The van der Waals surface area contributed by atoms with Crippen LogP contribution < -0.4 is 0 Å². The average molecular weight is 571 g/mol. The largest absolute Gasteiger partial charge is 0.134 e. The van der Waals surface area contributed by atoms with Crippen LogP contribution in [-0.4, -0.2) is 0 Å². The van der Waals surface area contributed by atoms with E-state index in [1.165, 1.54) is 65.4 Å². The molecule has 0 bridgehead atoms. The fourth-order valence-electron chi connectivity index (χ4n) is 6.11. The third-order valence-electron chi connectivity index (χ3n) is 8.38. The molecule has 43 heavy (non-hydrogen) atoms. The molecule has 1 heteroatoms. The molecule has 0 fully saturated rings. The molecule has 0 saturated heterocycles. The van der Waals surface area contributed by atoms with Crippen molar-refractivity contribution in [2.24, 2.45) is 0 Å². The van der Waals surface area contributed by atoms with Gasteiger partial charge in [0.15, 0.2) is 0 Å². The number of hydrogen-bond acceptors (Lipinski definition) is 1. The van der Waals surface area contributed by atoms with Crippen molar-refractivity contribution in [1.29, 1.82) is 0 Å². The van der Waals surface area contributed by atoms with Gasteiger partial charge in [-0.25, -0.2) is 0 Å². The molecule has 0 atom stereocenters. The fourth-order valence-corrected chi connectivity index (χ4v) is 7.51. The summed E-state index contributed by atoms with van der Waals surface area (Å²) >= 11 is 1.94. The van der Waals surface area contributed by atoms with Crippen molar-refractivity contribution in [3.63, 3.8) is 0 Å². The summed E-state index contributed by atoms with van der Waals surface area (Å²) in [5.41, 5.74) is 14.0. The van der Waals surface area contributed by atoms with Crippen molar-refractivity contribution >= 4 is 17.4 Å². The SMILES string of the molecule is CC(C)(C)c1cc(-c2c#cccc2)c(-c2sc(-c3cccc(-c4ccccc4)c3)c3c2CCC=C3)c(-c2ccccc2)c1. The monoisotopic (exact) mass is 570 g/mol. The lowest BCUT2D eigenvalue weighted by Crippen LogP contribution is -2.12. The van der Waals surface area contributed by atoms with Crippen LogP contribution in [0.1, 0.15) is 43.9 Å². The molecule has 1 aromatic heterocycles. The van der Waals surface area contributed by atoms with Gasteiger partial charge in [-0.05, 0) is 98.7 Å². The molecule has 1 heterocycles. The molecule has 0 saturated carbocycles. The molecule has 0 aliphatic heterocycles. The molecule has 0 radical (unpaired) electrons. The molecule has 6 aromatic rings. The summed E-state index contributed by atoms with van der Waals surface area (Å²) < 4.78 is 0. The van der Waals surface area contributed by atoms with E-state index in [0.29, 0.717) is 0 Å². The number of benzene rings is 4. The minimum Gasteiger partial charge on any atom is -0.134 e. The molecule has 0 N–H and O–H groups in total. The van der Waals surface area contributed by atoms with Crippen molar-refractivity contribution in [3.8, 4) is 54.3 Å². The Morgan fingerprint density at radius 3 is 2.07 bits per heavy atom. The van der Waals surface area contributed by atoms with Crippen molar-refractivity contribution < 1.29 is 0 Å². The van der Waals surface area contributed by atoms with E-state index in [1.807, 2.05) is 17.4 Å². The van der Waals surface area contributed by atoms with E-state index in [1.54, 1.807) is 0 Å². The molecule has 1 aliphatic rings. The van der Waals surface area contributed by atoms with Crippen molar-refractivity contribution in [2.75, 3.05) is 0 Å². The summed E-state index contributed by atoms with van der Waals surface area (Å²) in [6.07, 6.45) is 6.79. The van der Waals surface area contributed by atoms with Crippen LogP contribution in [0.25, 0.3) is 60.3 Å². The summed E-state index contributed by atoms with van der Waals surface area (Å²) in [6.45, 7) is 6.91. The summed E-state index contributed by atoms with van der Waals surface area (Å²) in [7, 11) is 0. The van der Waals surface area contributed by atoms with Crippen LogP contribution in [0.3, 0.4) is 0 Å². The zero-order chi connectivity index (χ0) is 29.4.